The van der Waals surface area contributed by atoms with Gasteiger partial charge in [0.15, 0.2) is 0 Å². The quantitative estimate of drug-likeness (QED) is 0.846. The first-order valence-electron chi connectivity index (χ1n) is 8.81. The number of nitrogens with zero attached hydrogens (tertiary/aromatic N) is 2. The van der Waals surface area contributed by atoms with Crippen LogP contribution in [0.4, 0.5) is 0 Å². The van der Waals surface area contributed by atoms with E-state index < -0.39 is 0 Å². The molecule has 0 aromatic carbocycles. The molecule has 0 radical (unpaired) electrons. The van der Waals surface area contributed by atoms with Crippen LogP contribution in [0.15, 0.2) is 0 Å². The summed E-state index contributed by atoms with van der Waals surface area (Å²) in [5.74, 6) is 1.11. The zero-order chi connectivity index (χ0) is 15.2. The fourth-order valence-electron chi connectivity index (χ4n) is 3.94. The Morgan fingerprint density at radius 1 is 1.24 bits per heavy atom. The van der Waals surface area contributed by atoms with E-state index >= 15 is 0 Å². The van der Waals surface area contributed by atoms with E-state index in [1.807, 2.05) is 4.90 Å². The average Bonchev–Trinajstić information content (AvgIpc) is 2.52. The first-order chi connectivity index (χ1) is 10.1. The van der Waals surface area contributed by atoms with Gasteiger partial charge >= 0.3 is 0 Å². The topological polar surface area (TPSA) is 49.6 Å². The third kappa shape index (κ3) is 4.68. The van der Waals surface area contributed by atoms with Crippen LogP contribution in [0.1, 0.15) is 58.3 Å². The van der Waals surface area contributed by atoms with Crippen molar-refractivity contribution in [3.05, 3.63) is 0 Å². The lowest BCUT2D eigenvalue weighted by Gasteiger charge is -2.39. The predicted molar refractivity (Wildman–Crippen MR) is 87.1 cm³/mol. The molecule has 4 heteroatoms. The van der Waals surface area contributed by atoms with Gasteiger partial charge in [-0.3, -0.25) is 9.69 Å². The highest BCUT2D eigenvalue weighted by Gasteiger charge is 2.29. The molecule has 0 aromatic heterocycles. The Bertz CT molecular complexity index is 328. The Morgan fingerprint density at radius 3 is 2.57 bits per heavy atom. The number of likely N-dealkylation sites (N-methyl/N-ethyl adjacent to an activating group) is 1. The zero-order valence-electron chi connectivity index (χ0n) is 13.9. The van der Waals surface area contributed by atoms with Gasteiger partial charge in [0, 0.05) is 38.1 Å². The monoisotopic (exact) mass is 295 g/mol. The fraction of sp³-hybridized carbons (Fsp3) is 0.941. The summed E-state index contributed by atoms with van der Waals surface area (Å²) in [7, 11) is 2.17. The number of nitrogens with two attached hydrogens (primary N) is 1. The number of amides is 1. The minimum atomic E-state index is 0.203. The van der Waals surface area contributed by atoms with Crippen molar-refractivity contribution in [2.24, 2.45) is 11.7 Å². The van der Waals surface area contributed by atoms with Crippen LogP contribution >= 0.6 is 0 Å². The summed E-state index contributed by atoms with van der Waals surface area (Å²) < 4.78 is 0. The van der Waals surface area contributed by atoms with E-state index in [1.54, 1.807) is 0 Å². The highest BCUT2D eigenvalue weighted by atomic mass is 16.2. The molecule has 2 N–H and O–H groups in total. The molecular formula is C17H33N3O. The number of piperidine rings is 1. The van der Waals surface area contributed by atoms with Gasteiger partial charge in [-0.25, -0.2) is 0 Å². The summed E-state index contributed by atoms with van der Waals surface area (Å²) in [5.41, 5.74) is 5.98. The van der Waals surface area contributed by atoms with Crippen LogP contribution in [0.2, 0.25) is 0 Å². The third-order valence-corrected chi connectivity index (χ3v) is 5.45. The second-order valence-electron chi connectivity index (χ2n) is 7.13. The summed E-state index contributed by atoms with van der Waals surface area (Å²) in [4.78, 5) is 16.9. The van der Waals surface area contributed by atoms with Crippen LogP contribution in [0, 0.1) is 5.92 Å². The molecule has 0 bridgehead atoms. The summed E-state index contributed by atoms with van der Waals surface area (Å²) in [6, 6.07) is 0.811. The Morgan fingerprint density at radius 2 is 1.95 bits per heavy atom. The molecule has 1 amide bonds. The maximum atomic E-state index is 12.5. The van der Waals surface area contributed by atoms with E-state index in [9.17, 15) is 4.79 Å². The Balaban J connectivity index is 1.87. The Kier molecular flexibility index (Phi) is 6.49. The molecule has 2 rings (SSSR count). The molecule has 0 aromatic rings. The number of hydrogen-bond acceptors (Lipinski definition) is 3. The van der Waals surface area contributed by atoms with Crippen LogP contribution in [0.5, 0.6) is 0 Å². The first kappa shape index (κ1) is 16.8. The van der Waals surface area contributed by atoms with E-state index in [0.29, 0.717) is 24.9 Å². The van der Waals surface area contributed by atoms with Crippen molar-refractivity contribution >= 4 is 5.91 Å². The maximum Gasteiger partial charge on any atom is 0.224 e. The van der Waals surface area contributed by atoms with Crippen LogP contribution in [-0.4, -0.2) is 54.5 Å². The van der Waals surface area contributed by atoms with Crippen molar-refractivity contribution in [1.29, 1.82) is 0 Å². The second-order valence-corrected chi connectivity index (χ2v) is 7.13. The summed E-state index contributed by atoms with van der Waals surface area (Å²) >= 11 is 0. The van der Waals surface area contributed by atoms with Gasteiger partial charge in [-0.15, -0.1) is 0 Å². The molecule has 1 saturated carbocycles. The average molecular weight is 295 g/mol. The molecule has 2 fully saturated rings. The van der Waals surface area contributed by atoms with Crippen molar-refractivity contribution < 1.29 is 4.79 Å². The number of carbonyl (C=O) groups is 1. The maximum absolute atomic E-state index is 12.5. The minimum Gasteiger partial charge on any atom is -0.343 e. The van der Waals surface area contributed by atoms with Gasteiger partial charge in [0.05, 0.1) is 0 Å². The lowest BCUT2D eigenvalue weighted by atomic mass is 9.85. The van der Waals surface area contributed by atoms with Gasteiger partial charge < -0.3 is 10.6 Å². The van der Waals surface area contributed by atoms with Crippen molar-refractivity contribution in [2.75, 3.05) is 26.7 Å². The van der Waals surface area contributed by atoms with Gasteiger partial charge in [0.25, 0.3) is 0 Å². The van der Waals surface area contributed by atoms with Crippen LogP contribution in [-0.2, 0) is 4.79 Å². The van der Waals surface area contributed by atoms with E-state index in [2.05, 4.69) is 18.9 Å². The molecule has 1 aliphatic heterocycles. The first-order valence-corrected chi connectivity index (χ1v) is 8.81. The van der Waals surface area contributed by atoms with E-state index in [1.165, 1.54) is 32.1 Å². The normalized spacial score (nSPS) is 28.7. The van der Waals surface area contributed by atoms with E-state index in [-0.39, 0.29) is 6.04 Å². The van der Waals surface area contributed by atoms with E-state index in [4.69, 9.17) is 5.73 Å². The van der Waals surface area contributed by atoms with Gasteiger partial charge in [-0.05, 0) is 45.1 Å². The molecule has 1 saturated heterocycles. The molecule has 122 valence electrons. The molecule has 3 atom stereocenters. The van der Waals surface area contributed by atoms with Gasteiger partial charge in [-0.1, -0.05) is 19.8 Å². The van der Waals surface area contributed by atoms with Crippen molar-refractivity contribution in [2.45, 2.75) is 70.4 Å². The minimum absolute atomic E-state index is 0.203. The predicted octanol–water partition coefficient (Wildman–Crippen LogP) is 2.23. The van der Waals surface area contributed by atoms with Crippen LogP contribution in [0.25, 0.3) is 0 Å². The Hall–Kier alpha value is -0.610. The largest absolute Gasteiger partial charge is 0.343 e. The van der Waals surface area contributed by atoms with Crippen molar-refractivity contribution in [1.82, 2.24) is 9.80 Å². The van der Waals surface area contributed by atoms with Gasteiger partial charge in [-0.2, -0.15) is 0 Å². The standard InChI is InChI=1S/C17H33N3O/c1-14-7-6-8-15(11-14)19(2)16(13-18)12-17(21)20-9-4-3-5-10-20/h14-16H,3-13,18H2,1-2H3. The van der Waals surface area contributed by atoms with Crippen LogP contribution in [0.3, 0.4) is 0 Å². The third-order valence-electron chi connectivity index (χ3n) is 5.45. The summed E-state index contributed by atoms with van der Waals surface area (Å²) in [6.45, 7) is 4.82. The molecule has 1 aliphatic carbocycles. The van der Waals surface area contributed by atoms with Crippen LogP contribution < -0.4 is 5.73 Å². The van der Waals surface area contributed by atoms with Gasteiger partial charge in [0.2, 0.25) is 5.91 Å². The fourth-order valence-corrected chi connectivity index (χ4v) is 3.94. The molecule has 4 nitrogen and oxygen atoms in total. The number of rotatable bonds is 5. The highest BCUT2D eigenvalue weighted by Crippen LogP contribution is 2.28. The highest BCUT2D eigenvalue weighted by molar-refractivity contribution is 5.77. The lowest BCUT2D eigenvalue weighted by Crippen LogP contribution is -2.49. The van der Waals surface area contributed by atoms with Crippen molar-refractivity contribution in [3.8, 4) is 0 Å². The number of carbonyl (C=O) groups excluding carboxylic acids is 1. The molecular weight excluding hydrogens is 262 g/mol. The van der Waals surface area contributed by atoms with Gasteiger partial charge in [0.1, 0.15) is 0 Å². The number of likely N-dealkylation sites (tertiary alicyclic amines) is 1. The summed E-state index contributed by atoms with van der Waals surface area (Å²) in [6.07, 6.45) is 9.36. The van der Waals surface area contributed by atoms with E-state index in [0.717, 1.165) is 31.8 Å². The molecule has 1 heterocycles. The van der Waals surface area contributed by atoms with Crippen molar-refractivity contribution in [3.63, 3.8) is 0 Å². The summed E-state index contributed by atoms with van der Waals surface area (Å²) in [5, 5.41) is 0. The zero-order valence-corrected chi connectivity index (χ0v) is 13.9. The number of hydrogen-bond donors (Lipinski definition) is 1. The lowest BCUT2D eigenvalue weighted by molar-refractivity contribution is -0.133. The molecule has 21 heavy (non-hydrogen) atoms. The SMILES string of the molecule is CC1CCCC(N(C)C(CN)CC(=O)N2CCCCC2)C1. The molecule has 0 spiro atoms. The Labute approximate surface area is 130 Å². The molecule has 3 unspecified atom stereocenters. The smallest absolute Gasteiger partial charge is 0.224 e. The second kappa shape index (κ2) is 8.14. The molecule has 2 aliphatic rings.